The van der Waals surface area contributed by atoms with Gasteiger partial charge in [-0.3, -0.25) is 4.79 Å². The molecule has 2 aromatic rings. The van der Waals surface area contributed by atoms with E-state index in [0.717, 1.165) is 5.56 Å². The Labute approximate surface area is 111 Å². The average Bonchev–Trinajstić information content (AvgIpc) is 2.40. The van der Waals surface area contributed by atoms with E-state index in [1.807, 2.05) is 19.1 Å². The molecule has 1 unspecified atom stereocenters. The summed E-state index contributed by atoms with van der Waals surface area (Å²) in [5, 5.41) is 2.74. The number of benzene rings is 2. The molecule has 4 heteroatoms. The van der Waals surface area contributed by atoms with E-state index < -0.39 is 0 Å². The van der Waals surface area contributed by atoms with Crippen LogP contribution >= 0.6 is 0 Å². The summed E-state index contributed by atoms with van der Waals surface area (Å²) < 4.78 is 12.8. The van der Waals surface area contributed by atoms with Crippen molar-refractivity contribution in [1.29, 1.82) is 0 Å². The zero-order chi connectivity index (χ0) is 13.8. The maximum Gasteiger partial charge on any atom is 0.255 e. The summed E-state index contributed by atoms with van der Waals surface area (Å²) in [6.45, 7) is 1.89. The van der Waals surface area contributed by atoms with Crippen molar-refractivity contribution in [2.45, 2.75) is 13.0 Å². The lowest BCUT2D eigenvalue weighted by molar-refractivity contribution is 0.102. The van der Waals surface area contributed by atoms with E-state index in [1.54, 1.807) is 12.1 Å². The van der Waals surface area contributed by atoms with Crippen LogP contribution in [0, 0.1) is 5.82 Å². The van der Waals surface area contributed by atoms with Crippen LogP contribution in [0.4, 0.5) is 10.1 Å². The fourth-order valence-corrected chi connectivity index (χ4v) is 1.67. The lowest BCUT2D eigenvalue weighted by atomic mass is 10.1. The van der Waals surface area contributed by atoms with Crippen LogP contribution in [0.15, 0.2) is 48.5 Å². The maximum atomic E-state index is 12.8. The number of halogens is 1. The second kappa shape index (κ2) is 5.63. The van der Waals surface area contributed by atoms with Gasteiger partial charge in [-0.1, -0.05) is 12.1 Å². The van der Waals surface area contributed by atoms with Gasteiger partial charge in [-0.15, -0.1) is 0 Å². The van der Waals surface area contributed by atoms with Crippen molar-refractivity contribution in [1.82, 2.24) is 0 Å². The number of carbonyl (C=O) groups excluding carboxylic acids is 1. The predicted octanol–water partition coefficient (Wildman–Crippen LogP) is 3.10. The Morgan fingerprint density at radius 2 is 1.68 bits per heavy atom. The number of nitrogens with one attached hydrogen (secondary N) is 1. The molecule has 0 aliphatic heterocycles. The first-order valence-corrected chi connectivity index (χ1v) is 5.99. The molecule has 19 heavy (non-hydrogen) atoms. The highest BCUT2D eigenvalue weighted by molar-refractivity contribution is 6.04. The molecule has 0 aliphatic carbocycles. The molecule has 0 saturated heterocycles. The van der Waals surface area contributed by atoms with Crippen LogP contribution in [0.25, 0.3) is 0 Å². The van der Waals surface area contributed by atoms with E-state index in [1.165, 1.54) is 24.3 Å². The third-order valence-electron chi connectivity index (χ3n) is 2.80. The van der Waals surface area contributed by atoms with Gasteiger partial charge in [-0.25, -0.2) is 4.39 Å². The number of anilines is 1. The summed E-state index contributed by atoms with van der Waals surface area (Å²) in [6, 6.07) is 12.7. The maximum absolute atomic E-state index is 12.8. The molecule has 0 aliphatic rings. The van der Waals surface area contributed by atoms with Gasteiger partial charge in [-0.2, -0.15) is 0 Å². The van der Waals surface area contributed by atoms with Crippen molar-refractivity contribution >= 4 is 11.6 Å². The number of rotatable bonds is 3. The Hall–Kier alpha value is -2.20. The summed E-state index contributed by atoms with van der Waals surface area (Å²) in [5.74, 6) is -0.633. The number of amides is 1. The Balaban J connectivity index is 2.08. The van der Waals surface area contributed by atoms with Gasteiger partial charge in [-0.05, 0) is 48.9 Å². The first kappa shape index (κ1) is 13.2. The van der Waals surface area contributed by atoms with Gasteiger partial charge < -0.3 is 11.1 Å². The number of carbonyl (C=O) groups is 1. The van der Waals surface area contributed by atoms with Crippen molar-refractivity contribution in [2.24, 2.45) is 5.73 Å². The van der Waals surface area contributed by atoms with Crippen LogP contribution in [-0.4, -0.2) is 5.91 Å². The summed E-state index contributed by atoms with van der Waals surface area (Å²) >= 11 is 0. The van der Waals surface area contributed by atoms with Gasteiger partial charge in [0.05, 0.1) is 0 Å². The van der Waals surface area contributed by atoms with Crippen LogP contribution in [0.2, 0.25) is 0 Å². The molecule has 0 aromatic heterocycles. The molecule has 1 atom stereocenters. The standard InChI is InChI=1S/C15H15FN2O/c1-10(17)11-4-8-14(9-5-11)18-15(19)12-2-6-13(16)7-3-12/h2-10H,17H2,1H3,(H,18,19). The molecule has 2 aromatic carbocycles. The summed E-state index contributed by atoms with van der Waals surface area (Å²) in [7, 11) is 0. The van der Waals surface area contributed by atoms with E-state index in [4.69, 9.17) is 5.73 Å². The second-order valence-corrected chi connectivity index (χ2v) is 4.37. The Kier molecular flexibility index (Phi) is 3.92. The van der Waals surface area contributed by atoms with Gasteiger partial charge in [0.15, 0.2) is 0 Å². The monoisotopic (exact) mass is 258 g/mol. The van der Waals surface area contributed by atoms with Crippen LogP contribution in [0.1, 0.15) is 28.9 Å². The van der Waals surface area contributed by atoms with Gasteiger partial charge in [0.2, 0.25) is 0 Å². The number of hydrogen-bond acceptors (Lipinski definition) is 2. The van der Waals surface area contributed by atoms with E-state index in [2.05, 4.69) is 5.32 Å². The zero-order valence-corrected chi connectivity index (χ0v) is 10.6. The van der Waals surface area contributed by atoms with Crippen molar-refractivity contribution in [3.63, 3.8) is 0 Å². The minimum absolute atomic E-state index is 0.0400. The lowest BCUT2D eigenvalue weighted by Gasteiger charge is -2.08. The molecular formula is C15H15FN2O. The average molecular weight is 258 g/mol. The van der Waals surface area contributed by atoms with E-state index in [0.29, 0.717) is 11.3 Å². The molecule has 2 rings (SSSR count). The van der Waals surface area contributed by atoms with Crippen molar-refractivity contribution in [3.05, 3.63) is 65.5 Å². The Morgan fingerprint density at radius 1 is 1.11 bits per heavy atom. The largest absolute Gasteiger partial charge is 0.324 e. The highest BCUT2D eigenvalue weighted by atomic mass is 19.1. The topological polar surface area (TPSA) is 55.1 Å². The lowest BCUT2D eigenvalue weighted by Crippen LogP contribution is -2.12. The smallest absolute Gasteiger partial charge is 0.255 e. The van der Waals surface area contributed by atoms with E-state index in [9.17, 15) is 9.18 Å². The molecule has 98 valence electrons. The highest BCUT2D eigenvalue weighted by Crippen LogP contribution is 2.15. The van der Waals surface area contributed by atoms with Crippen molar-refractivity contribution < 1.29 is 9.18 Å². The van der Waals surface area contributed by atoms with Gasteiger partial charge in [0.25, 0.3) is 5.91 Å². The Bertz CT molecular complexity index is 562. The molecule has 0 bridgehead atoms. The molecular weight excluding hydrogens is 243 g/mol. The van der Waals surface area contributed by atoms with Gasteiger partial charge in [0.1, 0.15) is 5.82 Å². The number of nitrogens with two attached hydrogens (primary N) is 1. The zero-order valence-electron chi connectivity index (χ0n) is 10.6. The summed E-state index contributed by atoms with van der Waals surface area (Å²) in [4.78, 5) is 11.9. The van der Waals surface area contributed by atoms with Crippen LogP contribution < -0.4 is 11.1 Å². The SMILES string of the molecule is CC(N)c1ccc(NC(=O)c2ccc(F)cc2)cc1. The highest BCUT2D eigenvalue weighted by Gasteiger charge is 2.06. The van der Waals surface area contributed by atoms with Crippen LogP contribution in [0.5, 0.6) is 0 Å². The quantitative estimate of drug-likeness (QED) is 0.888. The fraction of sp³-hybridized carbons (Fsp3) is 0.133. The molecule has 3 N–H and O–H groups in total. The molecule has 0 fully saturated rings. The molecule has 0 spiro atoms. The van der Waals surface area contributed by atoms with Crippen LogP contribution in [-0.2, 0) is 0 Å². The first-order chi connectivity index (χ1) is 9.06. The molecule has 0 radical (unpaired) electrons. The van der Waals surface area contributed by atoms with Crippen molar-refractivity contribution in [2.75, 3.05) is 5.32 Å². The fourth-order valence-electron chi connectivity index (χ4n) is 1.67. The third-order valence-corrected chi connectivity index (χ3v) is 2.80. The Morgan fingerprint density at radius 3 is 2.21 bits per heavy atom. The summed E-state index contributed by atoms with van der Waals surface area (Å²) in [5.41, 5.74) is 7.84. The van der Waals surface area contributed by atoms with E-state index >= 15 is 0 Å². The molecule has 3 nitrogen and oxygen atoms in total. The van der Waals surface area contributed by atoms with Gasteiger partial charge >= 0.3 is 0 Å². The minimum Gasteiger partial charge on any atom is -0.324 e. The minimum atomic E-state index is -0.363. The molecule has 0 heterocycles. The summed E-state index contributed by atoms with van der Waals surface area (Å²) in [6.07, 6.45) is 0. The van der Waals surface area contributed by atoms with Gasteiger partial charge in [0, 0.05) is 17.3 Å². The predicted molar refractivity (Wildman–Crippen MR) is 73.4 cm³/mol. The first-order valence-electron chi connectivity index (χ1n) is 5.99. The third kappa shape index (κ3) is 3.39. The van der Waals surface area contributed by atoms with E-state index in [-0.39, 0.29) is 17.8 Å². The van der Waals surface area contributed by atoms with Crippen LogP contribution in [0.3, 0.4) is 0 Å². The van der Waals surface area contributed by atoms with Crippen molar-refractivity contribution in [3.8, 4) is 0 Å². The number of hydrogen-bond donors (Lipinski definition) is 2. The molecule has 1 amide bonds. The normalized spacial score (nSPS) is 11.9. The molecule has 0 saturated carbocycles. The second-order valence-electron chi connectivity index (χ2n) is 4.37.